The maximum absolute atomic E-state index is 10.4. The van der Waals surface area contributed by atoms with Crippen LogP contribution in [0.2, 0.25) is 0 Å². The van der Waals surface area contributed by atoms with Gasteiger partial charge in [0.15, 0.2) is 0 Å². The van der Waals surface area contributed by atoms with Gasteiger partial charge in [0.25, 0.3) is 0 Å². The average Bonchev–Trinajstić information content (AvgIpc) is 2.55. The van der Waals surface area contributed by atoms with Crippen LogP contribution in [0.15, 0.2) is 66.7 Å². The van der Waals surface area contributed by atoms with Gasteiger partial charge in [-0.15, -0.1) is 0 Å². The van der Waals surface area contributed by atoms with Crippen molar-refractivity contribution < 1.29 is 5.11 Å². The van der Waals surface area contributed by atoms with Gasteiger partial charge >= 0.3 is 0 Å². The maximum atomic E-state index is 10.4. The summed E-state index contributed by atoms with van der Waals surface area (Å²) in [5.74, 6) is 0.253. The molecule has 0 atom stereocenters. The third-order valence-electron chi connectivity index (χ3n) is 3.75. The Labute approximate surface area is 130 Å². The van der Waals surface area contributed by atoms with Gasteiger partial charge in [-0.2, -0.15) is 0 Å². The first-order valence-corrected chi connectivity index (χ1v) is 7.16. The summed E-state index contributed by atoms with van der Waals surface area (Å²) in [4.78, 5) is 0. The summed E-state index contributed by atoms with van der Waals surface area (Å²) < 4.78 is 0. The lowest BCUT2D eigenvalue weighted by Crippen LogP contribution is -1.91. The average molecular weight is 290 g/mol. The largest absolute Gasteiger partial charge is 0.505 e. The number of nitrogens with two attached hydrogens (primary N) is 1. The molecule has 0 fully saturated rings. The third-order valence-corrected chi connectivity index (χ3v) is 3.75. The molecule has 0 aliphatic carbocycles. The highest BCUT2D eigenvalue weighted by molar-refractivity contribution is 5.83. The molecule has 3 nitrogen and oxygen atoms in total. The maximum Gasteiger partial charge on any atom is 0.146 e. The van der Waals surface area contributed by atoms with Crippen molar-refractivity contribution in [3.05, 3.63) is 66.7 Å². The topological polar surface area (TPSA) is 58.3 Å². The number of rotatable bonds is 3. The Balaban J connectivity index is 2.11. The van der Waals surface area contributed by atoms with Gasteiger partial charge in [0, 0.05) is 23.9 Å². The van der Waals surface area contributed by atoms with E-state index in [1.54, 1.807) is 7.05 Å². The van der Waals surface area contributed by atoms with Crippen molar-refractivity contribution in [1.29, 1.82) is 0 Å². The van der Waals surface area contributed by atoms with Crippen LogP contribution < -0.4 is 11.1 Å². The zero-order valence-electron chi connectivity index (χ0n) is 12.4. The molecule has 3 aromatic carbocycles. The van der Waals surface area contributed by atoms with E-state index in [4.69, 9.17) is 5.73 Å². The Kier molecular flexibility index (Phi) is 3.71. The number of benzene rings is 3. The highest BCUT2D eigenvalue weighted by Gasteiger charge is 2.09. The number of aromatic hydroxyl groups is 1. The van der Waals surface area contributed by atoms with Crippen molar-refractivity contribution in [2.24, 2.45) is 0 Å². The number of phenolic OH excluding ortho intramolecular Hbond substituents is 1. The fourth-order valence-corrected chi connectivity index (χ4v) is 2.59. The van der Waals surface area contributed by atoms with Crippen LogP contribution in [0, 0.1) is 0 Å². The summed E-state index contributed by atoms with van der Waals surface area (Å²) in [6, 6.07) is 21.5. The van der Waals surface area contributed by atoms with Crippen LogP contribution in [0.5, 0.6) is 5.75 Å². The predicted octanol–water partition coefficient (Wildman–Crippen LogP) is 4.35. The van der Waals surface area contributed by atoms with Crippen LogP contribution in [-0.2, 0) is 0 Å². The summed E-state index contributed by atoms with van der Waals surface area (Å²) in [6.45, 7) is 0. The molecule has 3 heteroatoms. The van der Waals surface area contributed by atoms with Crippen LogP contribution in [0.3, 0.4) is 0 Å². The van der Waals surface area contributed by atoms with Crippen molar-refractivity contribution in [1.82, 2.24) is 0 Å². The van der Waals surface area contributed by atoms with E-state index in [-0.39, 0.29) is 5.75 Å². The molecular formula is C19H18N2O. The first-order valence-electron chi connectivity index (χ1n) is 7.16. The number of hydrogen-bond acceptors (Lipinski definition) is 3. The zero-order chi connectivity index (χ0) is 15.5. The Morgan fingerprint density at radius 2 is 1.45 bits per heavy atom. The molecule has 110 valence electrons. The second-order valence-electron chi connectivity index (χ2n) is 5.12. The number of para-hydroxylation sites is 2. The number of phenols is 1. The van der Waals surface area contributed by atoms with Gasteiger partial charge in [0.05, 0.1) is 5.69 Å². The van der Waals surface area contributed by atoms with Crippen LogP contribution >= 0.6 is 0 Å². The highest BCUT2D eigenvalue weighted by Crippen LogP contribution is 2.37. The molecule has 0 saturated heterocycles. The molecule has 22 heavy (non-hydrogen) atoms. The quantitative estimate of drug-likeness (QED) is 0.496. The first-order chi connectivity index (χ1) is 10.7. The molecule has 3 rings (SSSR count). The summed E-state index contributed by atoms with van der Waals surface area (Å²) in [5, 5.41) is 13.4. The molecule has 0 bridgehead atoms. The van der Waals surface area contributed by atoms with E-state index in [9.17, 15) is 5.11 Å². The van der Waals surface area contributed by atoms with Crippen LogP contribution in [0.4, 0.5) is 11.4 Å². The molecule has 0 saturated carbocycles. The molecule has 3 aromatic rings. The molecule has 0 radical (unpaired) electrons. The SMILES string of the molecule is CNc1cccc(-c2cccc(-c3ccccc3N)c2)c1O. The van der Waals surface area contributed by atoms with Gasteiger partial charge in [-0.05, 0) is 29.3 Å². The summed E-state index contributed by atoms with van der Waals surface area (Å²) in [6.07, 6.45) is 0. The Morgan fingerprint density at radius 1 is 0.818 bits per heavy atom. The molecule has 0 amide bonds. The van der Waals surface area contributed by atoms with Gasteiger partial charge in [-0.25, -0.2) is 0 Å². The highest BCUT2D eigenvalue weighted by atomic mass is 16.3. The number of hydrogen-bond donors (Lipinski definition) is 3. The monoisotopic (exact) mass is 290 g/mol. The van der Waals surface area contributed by atoms with Gasteiger partial charge in [-0.1, -0.05) is 48.5 Å². The Bertz CT molecular complexity index is 812. The minimum atomic E-state index is 0.253. The fraction of sp³-hybridized carbons (Fsp3) is 0.0526. The van der Waals surface area contributed by atoms with E-state index in [0.29, 0.717) is 5.69 Å². The van der Waals surface area contributed by atoms with Crippen LogP contribution in [0.25, 0.3) is 22.3 Å². The number of nitrogen functional groups attached to an aromatic ring is 1. The molecule has 0 aliphatic rings. The molecule has 0 unspecified atom stereocenters. The van der Waals surface area contributed by atoms with Crippen LogP contribution in [-0.4, -0.2) is 12.2 Å². The summed E-state index contributed by atoms with van der Waals surface area (Å²) in [7, 11) is 1.79. The lowest BCUT2D eigenvalue weighted by atomic mass is 9.97. The van der Waals surface area contributed by atoms with Gasteiger partial charge in [-0.3, -0.25) is 0 Å². The van der Waals surface area contributed by atoms with E-state index in [2.05, 4.69) is 5.32 Å². The second-order valence-corrected chi connectivity index (χ2v) is 5.12. The molecule has 0 aliphatic heterocycles. The molecular weight excluding hydrogens is 272 g/mol. The zero-order valence-corrected chi connectivity index (χ0v) is 12.4. The summed E-state index contributed by atoms with van der Waals surface area (Å²) in [5.41, 5.74) is 11.3. The van der Waals surface area contributed by atoms with E-state index >= 15 is 0 Å². The van der Waals surface area contributed by atoms with Gasteiger partial charge in [0.1, 0.15) is 5.75 Å². The molecule has 0 aromatic heterocycles. The molecule has 0 spiro atoms. The number of nitrogens with one attached hydrogen (secondary N) is 1. The minimum Gasteiger partial charge on any atom is -0.505 e. The van der Waals surface area contributed by atoms with E-state index in [1.807, 2.05) is 66.7 Å². The predicted molar refractivity (Wildman–Crippen MR) is 92.9 cm³/mol. The van der Waals surface area contributed by atoms with Crippen molar-refractivity contribution in [2.45, 2.75) is 0 Å². The van der Waals surface area contributed by atoms with E-state index in [0.717, 1.165) is 27.9 Å². The molecule has 0 heterocycles. The van der Waals surface area contributed by atoms with Crippen molar-refractivity contribution in [3.8, 4) is 28.0 Å². The van der Waals surface area contributed by atoms with Crippen molar-refractivity contribution >= 4 is 11.4 Å². The standard InChI is InChI=1S/C19H18N2O/c1-21-18-11-5-9-16(19(18)22)14-7-4-6-13(12-14)15-8-2-3-10-17(15)20/h2-12,21-22H,20H2,1H3. The van der Waals surface area contributed by atoms with Crippen molar-refractivity contribution in [3.63, 3.8) is 0 Å². The molecule has 4 N–H and O–H groups in total. The third kappa shape index (κ3) is 2.49. The van der Waals surface area contributed by atoms with Gasteiger partial charge < -0.3 is 16.2 Å². The Morgan fingerprint density at radius 3 is 2.18 bits per heavy atom. The first kappa shape index (κ1) is 14.0. The summed E-state index contributed by atoms with van der Waals surface area (Å²) >= 11 is 0. The van der Waals surface area contributed by atoms with Crippen LogP contribution in [0.1, 0.15) is 0 Å². The minimum absolute atomic E-state index is 0.253. The normalized spacial score (nSPS) is 10.4. The lowest BCUT2D eigenvalue weighted by Gasteiger charge is -2.11. The number of anilines is 2. The van der Waals surface area contributed by atoms with E-state index < -0.39 is 0 Å². The fourth-order valence-electron chi connectivity index (χ4n) is 2.59. The Hall–Kier alpha value is -2.94. The lowest BCUT2D eigenvalue weighted by molar-refractivity contribution is 0.479. The smallest absolute Gasteiger partial charge is 0.146 e. The van der Waals surface area contributed by atoms with E-state index in [1.165, 1.54) is 0 Å². The second kappa shape index (κ2) is 5.82. The van der Waals surface area contributed by atoms with Crippen molar-refractivity contribution in [2.75, 3.05) is 18.1 Å². The van der Waals surface area contributed by atoms with Gasteiger partial charge in [0.2, 0.25) is 0 Å².